The minimum absolute atomic E-state index is 0.0271. The fraction of sp³-hybridized carbons (Fsp3) is 0.600. The maximum Gasteiger partial charge on any atom is 0.310 e. The Kier molecular flexibility index (Phi) is 7.00. The van der Waals surface area contributed by atoms with Crippen LogP contribution in [0, 0.1) is 12.8 Å². The fourth-order valence-corrected chi connectivity index (χ4v) is 3.38. The summed E-state index contributed by atoms with van der Waals surface area (Å²) >= 11 is 0. The molecule has 1 atom stereocenters. The van der Waals surface area contributed by atoms with Gasteiger partial charge in [0.15, 0.2) is 0 Å². The molecule has 1 heterocycles. The summed E-state index contributed by atoms with van der Waals surface area (Å²) in [7, 11) is 0. The van der Waals surface area contributed by atoms with E-state index in [1.807, 2.05) is 30.9 Å². The molecule has 0 aromatic heterocycles. The van der Waals surface area contributed by atoms with E-state index in [1.54, 1.807) is 0 Å². The number of piperidine rings is 1. The number of nitrogens with one attached hydrogen (secondary N) is 1. The van der Waals surface area contributed by atoms with Gasteiger partial charge in [0.05, 0.1) is 19.1 Å². The molecule has 1 amide bonds. The standard InChI is InChI=1S/C20H30N2O3/c1-5-25-20(24)16-9-7-11-22(12-16)13-18(23)21-19-15(4)8-6-10-17(19)14(2)3/h6,8,10,14,16H,5,7,9,11-13H2,1-4H3,(H,21,23)/t16-/m0/s1. The normalized spacial score (nSPS) is 18.2. The Labute approximate surface area is 150 Å². The van der Waals surface area contributed by atoms with E-state index in [4.69, 9.17) is 4.74 Å². The first-order valence-corrected chi connectivity index (χ1v) is 9.20. The number of nitrogens with zero attached hydrogens (tertiary/aromatic N) is 1. The zero-order chi connectivity index (χ0) is 18.4. The first-order chi connectivity index (χ1) is 11.9. The lowest BCUT2D eigenvalue weighted by Crippen LogP contribution is -2.43. The number of hydrogen-bond acceptors (Lipinski definition) is 4. The van der Waals surface area contributed by atoms with E-state index in [-0.39, 0.29) is 17.8 Å². The molecule has 1 aromatic carbocycles. The van der Waals surface area contributed by atoms with Crippen LogP contribution < -0.4 is 5.32 Å². The van der Waals surface area contributed by atoms with Crippen LogP contribution in [0.5, 0.6) is 0 Å². The van der Waals surface area contributed by atoms with Crippen molar-refractivity contribution < 1.29 is 14.3 Å². The Morgan fingerprint density at radius 1 is 1.36 bits per heavy atom. The van der Waals surface area contributed by atoms with Crippen molar-refractivity contribution in [3.63, 3.8) is 0 Å². The lowest BCUT2D eigenvalue weighted by molar-refractivity contribution is -0.150. The molecule has 1 saturated heterocycles. The minimum Gasteiger partial charge on any atom is -0.466 e. The van der Waals surface area contributed by atoms with Crippen molar-refractivity contribution in [3.05, 3.63) is 29.3 Å². The highest BCUT2D eigenvalue weighted by atomic mass is 16.5. The lowest BCUT2D eigenvalue weighted by Gasteiger charge is -2.31. The number of amides is 1. The number of esters is 1. The summed E-state index contributed by atoms with van der Waals surface area (Å²) in [5.41, 5.74) is 3.14. The molecular weight excluding hydrogens is 316 g/mol. The summed E-state index contributed by atoms with van der Waals surface area (Å²) in [6.45, 7) is 10.2. The maximum absolute atomic E-state index is 12.5. The molecule has 2 rings (SSSR count). The number of rotatable bonds is 6. The second-order valence-corrected chi connectivity index (χ2v) is 7.07. The van der Waals surface area contributed by atoms with Crippen molar-refractivity contribution in [1.82, 2.24) is 4.90 Å². The largest absolute Gasteiger partial charge is 0.466 e. The number of carbonyl (C=O) groups is 2. The van der Waals surface area contributed by atoms with Crippen molar-refractivity contribution >= 4 is 17.6 Å². The smallest absolute Gasteiger partial charge is 0.310 e. The topological polar surface area (TPSA) is 58.6 Å². The highest BCUT2D eigenvalue weighted by Gasteiger charge is 2.28. The van der Waals surface area contributed by atoms with Gasteiger partial charge in [0.1, 0.15) is 0 Å². The Morgan fingerprint density at radius 3 is 2.80 bits per heavy atom. The van der Waals surface area contributed by atoms with Crippen LogP contribution in [0.1, 0.15) is 50.7 Å². The number of ether oxygens (including phenoxy) is 1. The summed E-state index contributed by atoms with van der Waals surface area (Å²) in [5.74, 6) is 0.0545. The number of para-hydroxylation sites is 1. The Morgan fingerprint density at radius 2 is 2.12 bits per heavy atom. The van der Waals surface area contributed by atoms with Gasteiger partial charge in [-0.15, -0.1) is 0 Å². The first kappa shape index (κ1) is 19.4. The van der Waals surface area contributed by atoms with Crippen LogP contribution in [0.25, 0.3) is 0 Å². The molecule has 1 aliphatic rings. The van der Waals surface area contributed by atoms with Crippen LogP contribution in [0.2, 0.25) is 0 Å². The molecule has 0 aliphatic carbocycles. The van der Waals surface area contributed by atoms with Crippen LogP contribution in [0.4, 0.5) is 5.69 Å². The van der Waals surface area contributed by atoms with E-state index in [9.17, 15) is 9.59 Å². The van der Waals surface area contributed by atoms with Crippen molar-refractivity contribution in [1.29, 1.82) is 0 Å². The summed E-state index contributed by atoms with van der Waals surface area (Å²) in [6, 6.07) is 6.10. The summed E-state index contributed by atoms with van der Waals surface area (Å²) in [5, 5.41) is 3.08. The zero-order valence-corrected chi connectivity index (χ0v) is 15.8. The molecule has 5 nitrogen and oxygen atoms in total. The minimum atomic E-state index is -0.145. The Balaban J connectivity index is 1.98. The van der Waals surface area contributed by atoms with Crippen molar-refractivity contribution in [2.24, 2.45) is 5.92 Å². The first-order valence-electron chi connectivity index (χ1n) is 9.20. The van der Waals surface area contributed by atoms with Gasteiger partial charge in [0, 0.05) is 12.2 Å². The highest BCUT2D eigenvalue weighted by Crippen LogP contribution is 2.27. The van der Waals surface area contributed by atoms with Crippen molar-refractivity contribution in [2.75, 3.05) is 31.6 Å². The summed E-state index contributed by atoms with van der Waals surface area (Å²) < 4.78 is 5.12. The summed E-state index contributed by atoms with van der Waals surface area (Å²) in [6.07, 6.45) is 1.75. The SMILES string of the molecule is CCOC(=O)[C@H]1CCCN(CC(=O)Nc2c(C)cccc2C(C)C)C1. The molecule has 0 radical (unpaired) electrons. The van der Waals surface area contributed by atoms with E-state index >= 15 is 0 Å². The van der Waals surface area contributed by atoms with Gasteiger partial charge in [-0.2, -0.15) is 0 Å². The molecule has 0 spiro atoms. The average molecular weight is 346 g/mol. The fourth-order valence-electron chi connectivity index (χ4n) is 3.38. The molecule has 25 heavy (non-hydrogen) atoms. The van der Waals surface area contributed by atoms with Gasteiger partial charge >= 0.3 is 5.97 Å². The van der Waals surface area contributed by atoms with Gasteiger partial charge in [-0.25, -0.2) is 0 Å². The third-order valence-corrected chi connectivity index (χ3v) is 4.68. The van der Waals surface area contributed by atoms with Crippen LogP contribution >= 0.6 is 0 Å². The molecule has 138 valence electrons. The lowest BCUT2D eigenvalue weighted by atomic mass is 9.97. The van der Waals surface area contributed by atoms with Gasteiger partial charge in [-0.1, -0.05) is 32.0 Å². The summed E-state index contributed by atoms with van der Waals surface area (Å²) in [4.78, 5) is 26.5. The van der Waals surface area contributed by atoms with Gasteiger partial charge in [-0.3, -0.25) is 14.5 Å². The van der Waals surface area contributed by atoms with Crippen molar-refractivity contribution in [3.8, 4) is 0 Å². The molecule has 0 saturated carbocycles. The van der Waals surface area contributed by atoms with E-state index in [0.717, 1.165) is 36.2 Å². The molecular formula is C20H30N2O3. The van der Waals surface area contributed by atoms with Crippen LogP contribution in [-0.2, 0) is 14.3 Å². The molecule has 5 heteroatoms. The van der Waals surface area contributed by atoms with Crippen LogP contribution in [0.15, 0.2) is 18.2 Å². The monoisotopic (exact) mass is 346 g/mol. The number of anilines is 1. The predicted octanol–water partition coefficient (Wildman–Crippen LogP) is 3.33. The van der Waals surface area contributed by atoms with Crippen LogP contribution in [-0.4, -0.2) is 43.0 Å². The molecule has 1 aliphatic heterocycles. The van der Waals surface area contributed by atoms with E-state index < -0.39 is 0 Å². The molecule has 0 unspecified atom stereocenters. The molecule has 0 bridgehead atoms. The Bertz CT molecular complexity index is 613. The highest BCUT2D eigenvalue weighted by molar-refractivity contribution is 5.94. The maximum atomic E-state index is 12.5. The van der Waals surface area contributed by atoms with E-state index in [2.05, 4.69) is 25.2 Å². The zero-order valence-electron chi connectivity index (χ0n) is 15.8. The van der Waals surface area contributed by atoms with Crippen LogP contribution in [0.3, 0.4) is 0 Å². The molecule has 1 aromatic rings. The van der Waals surface area contributed by atoms with Gasteiger partial charge in [-0.05, 0) is 50.3 Å². The second kappa shape index (κ2) is 8.99. The predicted molar refractivity (Wildman–Crippen MR) is 99.7 cm³/mol. The third-order valence-electron chi connectivity index (χ3n) is 4.68. The van der Waals surface area contributed by atoms with Gasteiger partial charge < -0.3 is 10.1 Å². The van der Waals surface area contributed by atoms with Gasteiger partial charge in [0.2, 0.25) is 5.91 Å². The van der Waals surface area contributed by atoms with Crippen molar-refractivity contribution in [2.45, 2.75) is 46.5 Å². The average Bonchev–Trinajstić information content (AvgIpc) is 2.57. The number of hydrogen-bond donors (Lipinski definition) is 1. The number of likely N-dealkylation sites (tertiary alicyclic amines) is 1. The quantitative estimate of drug-likeness (QED) is 0.803. The molecule has 1 N–H and O–H groups in total. The third kappa shape index (κ3) is 5.30. The Hall–Kier alpha value is -1.88. The van der Waals surface area contributed by atoms with E-state index in [1.165, 1.54) is 0 Å². The molecule has 1 fully saturated rings. The second-order valence-electron chi connectivity index (χ2n) is 7.07. The van der Waals surface area contributed by atoms with E-state index in [0.29, 0.717) is 25.6 Å². The van der Waals surface area contributed by atoms with Gasteiger partial charge in [0.25, 0.3) is 0 Å². The number of carbonyl (C=O) groups excluding carboxylic acids is 2. The number of aryl methyl sites for hydroxylation is 1. The number of benzene rings is 1.